The van der Waals surface area contributed by atoms with Gasteiger partial charge in [-0.15, -0.1) is 10.2 Å². The lowest BCUT2D eigenvalue weighted by Gasteiger charge is -2.21. The van der Waals surface area contributed by atoms with Crippen LogP contribution >= 0.6 is 0 Å². The number of carbonyl (C=O) groups is 2. The zero-order valence-corrected chi connectivity index (χ0v) is 25.3. The number of tetrazole rings is 1. The lowest BCUT2D eigenvalue weighted by atomic mass is 9.84. The molecule has 0 unspecified atom stereocenters. The van der Waals surface area contributed by atoms with Gasteiger partial charge in [-0.25, -0.2) is 4.98 Å². The predicted octanol–water partition coefficient (Wildman–Crippen LogP) is 7.04. The van der Waals surface area contributed by atoms with Crippen molar-refractivity contribution in [3.05, 3.63) is 118 Å². The maximum absolute atomic E-state index is 14.2. The van der Waals surface area contributed by atoms with Gasteiger partial charge in [0.1, 0.15) is 17.2 Å². The number of nitrogens with one attached hydrogen (secondary N) is 1. The van der Waals surface area contributed by atoms with E-state index in [-0.39, 0.29) is 18.6 Å². The van der Waals surface area contributed by atoms with Crippen LogP contribution in [-0.4, -0.2) is 47.0 Å². The lowest BCUT2D eigenvalue weighted by molar-refractivity contribution is -0.136. The Labute approximate surface area is 261 Å². The summed E-state index contributed by atoms with van der Waals surface area (Å²) in [7, 11) is 0. The number of H-pyrrole nitrogens is 1. The normalized spacial score (nSPS) is 13.8. The molecule has 226 valence electrons. The Morgan fingerprint density at radius 1 is 0.956 bits per heavy atom. The van der Waals surface area contributed by atoms with Crippen molar-refractivity contribution in [3.63, 3.8) is 0 Å². The molecule has 0 bridgehead atoms. The molecule has 45 heavy (non-hydrogen) atoms. The third kappa shape index (κ3) is 6.15. The molecule has 9 heteroatoms. The van der Waals surface area contributed by atoms with Crippen molar-refractivity contribution in [2.24, 2.45) is 0 Å². The molecule has 1 aliphatic carbocycles. The van der Waals surface area contributed by atoms with Gasteiger partial charge < -0.3 is 9.67 Å². The summed E-state index contributed by atoms with van der Waals surface area (Å²) in [4.78, 5) is 30.8. The van der Waals surface area contributed by atoms with Gasteiger partial charge in [-0.3, -0.25) is 9.59 Å². The number of allylic oxidation sites excluding steroid dienone is 3. The number of carboxylic acids is 1. The van der Waals surface area contributed by atoms with Crippen molar-refractivity contribution in [3.8, 4) is 22.5 Å². The molecule has 2 heterocycles. The Balaban J connectivity index is 1.42. The number of benzene rings is 3. The smallest absolute Gasteiger partial charge is 0.303 e. The van der Waals surface area contributed by atoms with Crippen LogP contribution in [0.4, 0.5) is 0 Å². The molecule has 0 fully saturated rings. The van der Waals surface area contributed by atoms with E-state index in [4.69, 9.17) is 4.98 Å². The Morgan fingerprint density at radius 3 is 2.38 bits per heavy atom. The first-order valence-corrected chi connectivity index (χ1v) is 15.2. The van der Waals surface area contributed by atoms with Crippen LogP contribution in [0, 0.1) is 0 Å². The van der Waals surface area contributed by atoms with Gasteiger partial charge in [0.15, 0.2) is 0 Å². The topological polar surface area (TPSA) is 127 Å². The number of aliphatic carboxylic acids is 1. The molecule has 0 atom stereocenters. The third-order valence-corrected chi connectivity index (χ3v) is 8.22. The number of imidazole rings is 1. The summed E-state index contributed by atoms with van der Waals surface area (Å²) in [5.74, 6) is 0.309. The van der Waals surface area contributed by atoms with E-state index >= 15 is 0 Å². The second-order valence-corrected chi connectivity index (χ2v) is 11.2. The number of Topliss-reactive ketones (excluding diaryl/α,β-unsaturated/α-hetero) is 1. The summed E-state index contributed by atoms with van der Waals surface area (Å²) >= 11 is 0. The summed E-state index contributed by atoms with van der Waals surface area (Å²) in [6.45, 7) is 4.51. The van der Waals surface area contributed by atoms with Crippen molar-refractivity contribution < 1.29 is 14.7 Å². The number of aromatic nitrogens is 6. The van der Waals surface area contributed by atoms with Crippen LogP contribution in [-0.2, 0) is 17.8 Å². The number of carbonyl (C=O) groups excluding carboxylic acids is 1. The summed E-state index contributed by atoms with van der Waals surface area (Å²) < 4.78 is 2.04. The lowest BCUT2D eigenvalue weighted by Crippen LogP contribution is -2.20. The highest BCUT2D eigenvalue weighted by atomic mass is 16.4. The van der Waals surface area contributed by atoms with E-state index in [1.807, 2.05) is 66.1 Å². The molecule has 0 aliphatic heterocycles. The molecule has 6 rings (SSSR count). The Bertz CT molecular complexity index is 1900. The molecule has 0 saturated carbocycles. The van der Waals surface area contributed by atoms with Crippen molar-refractivity contribution >= 4 is 23.4 Å². The highest BCUT2D eigenvalue weighted by Gasteiger charge is 2.34. The molecule has 0 spiro atoms. The number of carboxylic acid groups (broad SMARTS) is 1. The molecule has 9 nitrogen and oxygen atoms in total. The van der Waals surface area contributed by atoms with Gasteiger partial charge in [0, 0.05) is 36.1 Å². The Morgan fingerprint density at radius 2 is 1.69 bits per heavy atom. The Kier molecular flexibility index (Phi) is 8.59. The van der Waals surface area contributed by atoms with E-state index in [9.17, 15) is 14.7 Å². The van der Waals surface area contributed by atoms with Gasteiger partial charge >= 0.3 is 5.97 Å². The average molecular weight is 599 g/mol. The van der Waals surface area contributed by atoms with E-state index < -0.39 is 5.97 Å². The Hall–Kier alpha value is -5.44. The fourth-order valence-electron chi connectivity index (χ4n) is 5.87. The summed E-state index contributed by atoms with van der Waals surface area (Å²) in [5, 5.41) is 24.0. The zero-order valence-electron chi connectivity index (χ0n) is 25.3. The number of rotatable bonds is 11. The van der Waals surface area contributed by atoms with Crippen LogP contribution in [0.25, 0.3) is 34.2 Å². The zero-order chi connectivity index (χ0) is 31.3. The standard InChI is InChI=1S/C36H34N6O3/c1-3-4-14-31-37-33-30(21-24-10-6-5-7-11-24)23(2)27(19-20-32(43)44)35(45)34(33)42(31)22-25-15-17-26(18-16-25)28-12-8-9-13-29(28)36-38-40-41-39-36/h5-13,15-18,21H,3-4,14,19-20,22H2,1-2H3,(H,43,44)(H,38,39,40,41). The van der Waals surface area contributed by atoms with E-state index in [0.29, 0.717) is 29.3 Å². The molecule has 0 saturated heterocycles. The fraction of sp³-hybridized carbons (Fsp3) is 0.222. The van der Waals surface area contributed by atoms with Crippen LogP contribution in [0.15, 0.2) is 90.0 Å². The quantitative estimate of drug-likeness (QED) is 0.167. The SMILES string of the molecule is CCCCc1nc2c(n1Cc1ccc(-c3ccccc3-c3nn[nH]n3)cc1)C(=O)C(CCC(=O)O)=C(C)C2=Cc1ccccc1. The van der Waals surface area contributed by atoms with E-state index in [1.54, 1.807) is 0 Å². The van der Waals surface area contributed by atoms with Crippen molar-refractivity contribution in [2.75, 3.05) is 0 Å². The van der Waals surface area contributed by atoms with Gasteiger partial charge in [0.2, 0.25) is 11.6 Å². The first-order chi connectivity index (χ1) is 21.9. The number of nitrogens with zero attached hydrogens (tertiary/aromatic N) is 5. The van der Waals surface area contributed by atoms with Gasteiger partial charge in [0.25, 0.3) is 0 Å². The summed E-state index contributed by atoms with van der Waals surface area (Å²) in [6, 6.07) is 26.1. The van der Waals surface area contributed by atoms with Crippen molar-refractivity contribution in [1.82, 2.24) is 30.2 Å². The second-order valence-electron chi connectivity index (χ2n) is 11.2. The van der Waals surface area contributed by atoms with Crippen LogP contribution in [0.1, 0.15) is 72.7 Å². The number of aromatic amines is 1. The monoisotopic (exact) mass is 598 g/mol. The van der Waals surface area contributed by atoms with E-state index in [1.165, 1.54) is 0 Å². The maximum atomic E-state index is 14.2. The number of aryl methyl sites for hydroxylation is 1. The molecule has 0 radical (unpaired) electrons. The molecule has 2 N–H and O–H groups in total. The van der Waals surface area contributed by atoms with Crippen LogP contribution in [0.5, 0.6) is 0 Å². The first kappa shape index (κ1) is 29.6. The van der Waals surface area contributed by atoms with Crippen molar-refractivity contribution in [2.45, 2.75) is 52.5 Å². The minimum Gasteiger partial charge on any atom is -0.481 e. The first-order valence-electron chi connectivity index (χ1n) is 15.2. The average Bonchev–Trinajstić information content (AvgIpc) is 3.72. The number of fused-ring (bicyclic) bond motifs is 1. The number of hydrogen-bond acceptors (Lipinski definition) is 6. The van der Waals surface area contributed by atoms with Gasteiger partial charge in [-0.05, 0) is 58.9 Å². The molecular formula is C36H34N6O3. The minimum atomic E-state index is -0.930. The molecular weight excluding hydrogens is 564 g/mol. The van der Waals surface area contributed by atoms with Gasteiger partial charge in [0.05, 0.1) is 0 Å². The molecule has 1 aliphatic rings. The van der Waals surface area contributed by atoms with Gasteiger partial charge in [-0.2, -0.15) is 5.21 Å². The second kappa shape index (κ2) is 13.1. The van der Waals surface area contributed by atoms with Crippen LogP contribution < -0.4 is 0 Å². The van der Waals surface area contributed by atoms with Crippen LogP contribution in [0.3, 0.4) is 0 Å². The van der Waals surface area contributed by atoms with E-state index in [2.05, 4.69) is 57.9 Å². The maximum Gasteiger partial charge on any atom is 0.303 e. The highest BCUT2D eigenvalue weighted by Crippen LogP contribution is 2.39. The fourth-order valence-corrected chi connectivity index (χ4v) is 5.87. The predicted molar refractivity (Wildman–Crippen MR) is 173 cm³/mol. The molecule has 2 aromatic heterocycles. The molecule has 0 amide bonds. The van der Waals surface area contributed by atoms with Crippen molar-refractivity contribution in [1.29, 1.82) is 0 Å². The largest absolute Gasteiger partial charge is 0.481 e. The molecule has 5 aromatic rings. The summed E-state index contributed by atoms with van der Waals surface area (Å²) in [6.07, 6.45) is 4.76. The third-order valence-electron chi connectivity index (χ3n) is 8.22. The minimum absolute atomic E-state index is 0.115. The highest BCUT2D eigenvalue weighted by molar-refractivity contribution is 6.17. The van der Waals surface area contributed by atoms with Crippen LogP contribution in [0.2, 0.25) is 0 Å². The number of ketones is 1. The summed E-state index contributed by atoms with van der Waals surface area (Å²) in [5.41, 5.74) is 8.26. The van der Waals surface area contributed by atoms with E-state index in [0.717, 1.165) is 64.1 Å². The number of hydrogen-bond donors (Lipinski definition) is 2. The number of unbranched alkanes of at least 4 members (excludes halogenated alkanes) is 1. The van der Waals surface area contributed by atoms with Gasteiger partial charge in [-0.1, -0.05) is 92.2 Å². The molecule has 3 aromatic carbocycles.